The third-order valence-electron chi connectivity index (χ3n) is 6.83. The molecule has 2 amide bonds. The average molecular weight is 652 g/mol. The maximum Gasteiger partial charge on any atom is 0.253 e. The van der Waals surface area contributed by atoms with Crippen LogP contribution in [0.1, 0.15) is 20.8 Å². The van der Waals surface area contributed by atoms with Gasteiger partial charge in [-0.1, -0.05) is 20.8 Å². The molecule has 0 saturated carbocycles. The summed E-state index contributed by atoms with van der Waals surface area (Å²) < 4.78 is 55.3. The second kappa shape index (κ2) is 25.8. The van der Waals surface area contributed by atoms with Crippen molar-refractivity contribution < 1.29 is 56.6 Å². The van der Waals surface area contributed by atoms with Gasteiger partial charge in [0.2, 0.25) is 0 Å². The molecule has 258 valence electrons. The molecule has 0 unspecified atom stereocenters. The number of hydrogen-bond donors (Lipinski definition) is 0. The van der Waals surface area contributed by atoms with E-state index in [4.69, 9.17) is 47.1 Å². The summed E-state index contributed by atoms with van der Waals surface area (Å²) in [6, 6.07) is 0. The lowest BCUT2D eigenvalue weighted by Gasteiger charge is -2.36. The van der Waals surface area contributed by atoms with Crippen molar-refractivity contribution in [3.05, 3.63) is 12.2 Å². The number of amides is 2. The van der Waals surface area contributed by atoms with E-state index in [1.54, 1.807) is 0 Å². The van der Waals surface area contributed by atoms with Gasteiger partial charge in [-0.3, -0.25) is 14.5 Å². The number of carbonyl (C=O) groups is 2. The molecule has 44 heavy (non-hydrogen) atoms. The van der Waals surface area contributed by atoms with Crippen LogP contribution in [-0.2, 0) is 56.6 Å². The Morgan fingerprint density at radius 3 is 1.00 bits per heavy atom. The van der Waals surface area contributed by atoms with E-state index in [-0.39, 0.29) is 30.0 Å². The maximum atomic E-state index is 11.4. The van der Waals surface area contributed by atoms with E-state index in [1.165, 1.54) is 12.2 Å². The number of rotatable bonds is 31. The molecule has 0 saturated heterocycles. The first kappa shape index (κ1) is 40.7. The Morgan fingerprint density at radius 1 is 0.477 bits per heavy atom. The van der Waals surface area contributed by atoms with Crippen molar-refractivity contribution in [2.75, 3.05) is 132 Å². The SMILES string of the molecule is CC(C)(C)[Si](C)(C)OCCOCCOCCOCCOCCOCCOCCOCCOCCOCCN1C(=O)C=CC1=O. The van der Waals surface area contributed by atoms with Crippen LogP contribution in [0.25, 0.3) is 0 Å². The molecule has 0 aromatic carbocycles. The number of imide groups is 1. The predicted molar refractivity (Wildman–Crippen MR) is 166 cm³/mol. The molecule has 14 heteroatoms. The molecule has 1 rings (SSSR count). The lowest BCUT2D eigenvalue weighted by molar-refractivity contribution is -0.137. The molecule has 0 aromatic heterocycles. The van der Waals surface area contributed by atoms with Gasteiger partial charge in [-0.2, -0.15) is 0 Å². The lowest BCUT2D eigenvalue weighted by Crippen LogP contribution is -2.41. The highest BCUT2D eigenvalue weighted by molar-refractivity contribution is 6.74. The Bertz CT molecular complexity index is 745. The molecule has 0 radical (unpaired) electrons. The van der Waals surface area contributed by atoms with Gasteiger partial charge in [-0.15, -0.1) is 0 Å². The Balaban J connectivity index is 1.67. The molecule has 0 bridgehead atoms. The topological polar surface area (TPSA) is 130 Å². The second-order valence-electron chi connectivity index (χ2n) is 11.3. The Labute approximate surface area is 264 Å². The summed E-state index contributed by atoms with van der Waals surface area (Å²) in [5.74, 6) is -0.608. The zero-order valence-corrected chi connectivity index (χ0v) is 28.6. The van der Waals surface area contributed by atoms with Crippen molar-refractivity contribution in [1.82, 2.24) is 4.90 Å². The van der Waals surface area contributed by atoms with Crippen molar-refractivity contribution in [1.29, 1.82) is 0 Å². The average Bonchev–Trinajstić information content (AvgIpc) is 3.29. The van der Waals surface area contributed by atoms with E-state index in [1.807, 2.05) is 0 Å². The first-order chi connectivity index (χ1) is 21.1. The highest BCUT2D eigenvalue weighted by Crippen LogP contribution is 2.36. The summed E-state index contributed by atoms with van der Waals surface area (Å²) in [5, 5.41) is 0.212. The van der Waals surface area contributed by atoms with Gasteiger partial charge in [0.05, 0.1) is 132 Å². The van der Waals surface area contributed by atoms with Crippen LogP contribution in [0.5, 0.6) is 0 Å². The van der Waals surface area contributed by atoms with Crippen molar-refractivity contribution in [3.8, 4) is 0 Å². The fraction of sp³-hybridized carbons (Fsp3) is 0.867. The van der Waals surface area contributed by atoms with E-state index in [0.29, 0.717) is 119 Å². The zero-order valence-electron chi connectivity index (χ0n) is 27.6. The van der Waals surface area contributed by atoms with Crippen LogP contribution in [-0.4, -0.2) is 157 Å². The number of carbonyl (C=O) groups excluding carboxylic acids is 2. The summed E-state index contributed by atoms with van der Waals surface area (Å²) in [6.07, 6.45) is 2.51. The van der Waals surface area contributed by atoms with Crippen molar-refractivity contribution >= 4 is 20.1 Å². The molecule has 13 nitrogen and oxygen atoms in total. The summed E-state index contributed by atoms with van der Waals surface area (Å²) in [5.41, 5.74) is 0. The van der Waals surface area contributed by atoms with Crippen molar-refractivity contribution in [2.45, 2.75) is 38.9 Å². The Hall–Kier alpha value is -1.30. The molecule has 1 aliphatic heterocycles. The normalized spacial score (nSPS) is 14.0. The highest BCUT2D eigenvalue weighted by atomic mass is 28.4. The molecule has 0 aromatic rings. The summed E-state index contributed by atoms with van der Waals surface area (Å²) in [6.45, 7) is 20.7. The maximum absolute atomic E-state index is 11.4. The van der Waals surface area contributed by atoms with Gasteiger partial charge in [0, 0.05) is 12.2 Å². The summed E-state index contributed by atoms with van der Waals surface area (Å²) in [7, 11) is -1.70. The predicted octanol–water partition coefficient (Wildman–Crippen LogP) is 2.08. The van der Waals surface area contributed by atoms with E-state index >= 15 is 0 Å². The van der Waals surface area contributed by atoms with Crippen LogP contribution in [0, 0.1) is 0 Å². The zero-order chi connectivity index (χ0) is 32.4. The molecule has 1 heterocycles. The minimum Gasteiger partial charge on any atom is -0.414 e. The lowest BCUT2D eigenvalue weighted by atomic mass is 10.2. The van der Waals surface area contributed by atoms with Crippen molar-refractivity contribution in [3.63, 3.8) is 0 Å². The number of hydrogen-bond acceptors (Lipinski definition) is 12. The van der Waals surface area contributed by atoms with Gasteiger partial charge in [0.25, 0.3) is 11.8 Å². The molecule has 0 atom stereocenters. The molecule has 0 aliphatic carbocycles. The van der Waals surface area contributed by atoms with Crippen LogP contribution in [0.2, 0.25) is 18.1 Å². The first-order valence-corrected chi connectivity index (χ1v) is 18.4. The summed E-state index contributed by atoms with van der Waals surface area (Å²) in [4.78, 5) is 23.9. The van der Waals surface area contributed by atoms with E-state index in [0.717, 1.165) is 4.90 Å². The van der Waals surface area contributed by atoms with Gasteiger partial charge in [0.15, 0.2) is 8.32 Å². The quantitative estimate of drug-likeness (QED) is 0.0618. The van der Waals surface area contributed by atoms with Gasteiger partial charge >= 0.3 is 0 Å². The van der Waals surface area contributed by atoms with Gasteiger partial charge in [0.1, 0.15) is 0 Å². The first-order valence-electron chi connectivity index (χ1n) is 15.5. The molecule has 0 fully saturated rings. The number of ether oxygens (including phenoxy) is 9. The number of nitrogens with zero attached hydrogens (tertiary/aromatic N) is 1. The smallest absolute Gasteiger partial charge is 0.253 e. The monoisotopic (exact) mass is 651 g/mol. The van der Waals surface area contributed by atoms with Crippen LogP contribution >= 0.6 is 0 Å². The largest absolute Gasteiger partial charge is 0.414 e. The van der Waals surface area contributed by atoms with Gasteiger partial charge in [-0.25, -0.2) is 0 Å². The fourth-order valence-electron chi connectivity index (χ4n) is 3.24. The third-order valence-corrected chi connectivity index (χ3v) is 11.4. The molecule has 0 spiro atoms. The highest BCUT2D eigenvalue weighted by Gasteiger charge is 2.36. The molecule has 0 N–H and O–H groups in total. The minimum atomic E-state index is -1.70. The van der Waals surface area contributed by atoms with Crippen molar-refractivity contribution in [2.24, 2.45) is 0 Å². The van der Waals surface area contributed by atoms with Gasteiger partial charge in [-0.05, 0) is 18.1 Å². The fourth-order valence-corrected chi connectivity index (χ4v) is 4.27. The molecular weight excluding hydrogens is 594 g/mol. The Morgan fingerprint density at radius 2 is 0.727 bits per heavy atom. The van der Waals surface area contributed by atoms with Crippen LogP contribution < -0.4 is 0 Å². The second-order valence-corrected chi connectivity index (χ2v) is 16.1. The third kappa shape index (κ3) is 21.4. The van der Waals surface area contributed by atoms with Gasteiger partial charge < -0.3 is 47.1 Å². The van der Waals surface area contributed by atoms with Crippen LogP contribution in [0.15, 0.2) is 12.2 Å². The molecule has 1 aliphatic rings. The van der Waals surface area contributed by atoms with E-state index < -0.39 is 8.32 Å². The summed E-state index contributed by atoms with van der Waals surface area (Å²) >= 11 is 0. The van der Waals surface area contributed by atoms with E-state index in [9.17, 15) is 9.59 Å². The van der Waals surface area contributed by atoms with E-state index in [2.05, 4.69) is 33.9 Å². The van der Waals surface area contributed by atoms with Crippen LogP contribution in [0.4, 0.5) is 0 Å². The minimum absolute atomic E-state index is 0.212. The molecular formula is C30H57NO12Si. The standard InChI is InChI=1S/C30H57NO12Si/c1-30(2,3)44(4,5)43-27-26-42-25-24-41-23-22-40-21-20-39-19-18-38-17-16-37-15-14-36-13-12-35-11-10-34-9-8-31-28(32)6-7-29(31)33/h6-7H,8-27H2,1-5H3. The van der Waals surface area contributed by atoms with Crippen LogP contribution in [0.3, 0.4) is 0 Å². The Kier molecular flexibility index (Phi) is 23.9.